The second-order valence-electron chi connectivity index (χ2n) is 6.51. The van der Waals surface area contributed by atoms with E-state index < -0.39 is 17.2 Å². The maximum Gasteiger partial charge on any atom is 0.343 e. The Labute approximate surface area is 154 Å². The van der Waals surface area contributed by atoms with Crippen molar-refractivity contribution >= 4 is 11.8 Å². The lowest BCUT2D eigenvalue weighted by Gasteiger charge is -2.35. The van der Waals surface area contributed by atoms with Gasteiger partial charge >= 0.3 is 5.97 Å². The van der Waals surface area contributed by atoms with Crippen LogP contribution in [0.4, 0.5) is 10.2 Å². The Balaban J connectivity index is 1.88. The van der Waals surface area contributed by atoms with Gasteiger partial charge in [0.25, 0.3) is 0 Å². The van der Waals surface area contributed by atoms with Gasteiger partial charge in [-0.3, -0.25) is 0 Å². The Morgan fingerprint density at radius 1 is 1.41 bits per heavy atom. The number of aliphatic hydroxyl groups excluding tert-OH is 1. The van der Waals surface area contributed by atoms with E-state index >= 15 is 0 Å². The van der Waals surface area contributed by atoms with Crippen molar-refractivity contribution in [1.29, 1.82) is 0 Å². The summed E-state index contributed by atoms with van der Waals surface area (Å²) in [6.45, 7) is 1.35. The van der Waals surface area contributed by atoms with E-state index in [2.05, 4.69) is 10.5 Å². The van der Waals surface area contributed by atoms with Crippen molar-refractivity contribution in [2.75, 3.05) is 38.8 Å². The molecule has 8 nitrogen and oxygen atoms in total. The fraction of sp³-hybridized carbons (Fsp3) is 0.444. The molecule has 2 heterocycles. The summed E-state index contributed by atoms with van der Waals surface area (Å²) in [4.78, 5) is 11.8. The molecule has 0 saturated carbocycles. The minimum absolute atomic E-state index is 0.00618. The number of carboxylic acid groups (broad SMARTS) is 1. The number of aromatic nitrogens is 1. The second-order valence-corrected chi connectivity index (χ2v) is 6.51. The quantitative estimate of drug-likeness (QED) is 0.671. The number of aliphatic hydroxyl groups is 1. The van der Waals surface area contributed by atoms with Gasteiger partial charge in [0.15, 0.2) is 28.7 Å². The summed E-state index contributed by atoms with van der Waals surface area (Å²) in [5.41, 5.74) is -0.246. The largest absolute Gasteiger partial charge is 0.494 e. The van der Waals surface area contributed by atoms with Gasteiger partial charge in [-0.15, -0.1) is 0 Å². The van der Waals surface area contributed by atoms with E-state index in [0.717, 1.165) is 6.07 Å². The molecule has 9 heteroatoms. The van der Waals surface area contributed by atoms with Crippen LogP contribution in [0.1, 0.15) is 23.2 Å². The van der Waals surface area contributed by atoms with Crippen LogP contribution in [0, 0.1) is 11.2 Å². The zero-order valence-electron chi connectivity index (χ0n) is 14.8. The SMILES string of the molecule is COc1cc(-c2onc(NCC3(CO)CCOCC3)c2C(=O)O)ccc1F. The number of methoxy groups -OCH3 is 1. The number of carboxylic acids is 1. The third-order valence-electron chi connectivity index (χ3n) is 4.84. The maximum absolute atomic E-state index is 13.6. The number of anilines is 1. The number of nitrogens with zero attached hydrogens (tertiary/aromatic N) is 1. The second kappa shape index (κ2) is 7.93. The van der Waals surface area contributed by atoms with E-state index in [9.17, 15) is 19.4 Å². The Morgan fingerprint density at radius 3 is 2.78 bits per heavy atom. The molecule has 1 saturated heterocycles. The molecule has 1 aliphatic heterocycles. The van der Waals surface area contributed by atoms with Crippen molar-refractivity contribution in [3.8, 4) is 17.1 Å². The molecule has 1 aromatic carbocycles. The molecule has 3 N–H and O–H groups in total. The molecule has 0 unspecified atom stereocenters. The molecule has 0 bridgehead atoms. The first-order chi connectivity index (χ1) is 13.0. The van der Waals surface area contributed by atoms with Crippen LogP contribution in [-0.4, -0.2) is 54.8 Å². The van der Waals surface area contributed by atoms with Crippen LogP contribution in [0.25, 0.3) is 11.3 Å². The highest BCUT2D eigenvalue weighted by Gasteiger charge is 2.33. The third kappa shape index (κ3) is 3.88. The van der Waals surface area contributed by atoms with Crippen molar-refractivity contribution in [3.05, 3.63) is 29.6 Å². The molecule has 0 atom stereocenters. The van der Waals surface area contributed by atoms with Crippen LogP contribution in [0.15, 0.2) is 22.7 Å². The normalized spacial score (nSPS) is 16.1. The lowest BCUT2D eigenvalue weighted by molar-refractivity contribution is -0.00865. The van der Waals surface area contributed by atoms with Gasteiger partial charge in [-0.1, -0.05) is 5.16 Å². The fourth-order valence-corrected chi connectivity index (χ4v) is 3.07. The number of nitrogens with one attached hydrogen (secondary N) is 1. The highest BCUT2D eigenvalue weighted by atomic mass is 19.1. The first-order valence-corrected chi connectivity index (χ1v) is 8.49. The van der Waals surface area contributed by atoms with Gasteiger partial charge in [-0.25, -0.2) is 9.18 Å². The number of halogens is 1. The molecular weight excluding hydrogens is 359 g/mol. The number of carbonyl (C=O) groups is 1. The van der Waals surface area contributed by atoms with Crippen LogP contribution < -0.4 is 10.1 Å². The van der Waals surface area contributed by atoms with Crippen molar-refractivity contribution in [2.45, 2.75) is 12.8 Å². The first kappa shape index (κ1) is 19.1. The number of hydrogen-bond acceptors (Lipinski definition) is 7. The fourth-order valence-electron chi connectivity index (χ4n) is 3.07. The van der Waals surface area contributed by atoms with Gasteiger partial charge in [-0.05, 0) is 31.0 Å². The maximum atomic E-state index is 13.6. The molecule has 0 spiro atoms. The number of rotatable bonds is 7. The molecule has 2 aromatic rings. The first-order valence-electron chi connectivity index (χ1n) is 8.49. The number of aromatic carboxylic acids is 1. The summed E-state index contributed by atoms with van der Waals surface area (Å²) >= 11 is 0. The number of hydrogen-bond donors (Lipinski definition) is 3. The lowest BCUT2D eigenvalue weighted by atomic mass is 9.81. The van der Waals surface area contributed by atoms with E-state index in [-0.39, 0.29) is 29.5 Å². The molecule has 1 aliphatic rings. The van der Waals surface area contributed by atoms with E-state index in [1.807, 2.05) is 0 Å². The van der Waals surface area contributed by atoms with E-state index in [1.165, 1.54) is 19.2 Å². The van der Waals surface area contributed by atoms with Gasteiger partial charge < -0.3 is 29.5 Å². The van der Waals surface area contributed by atoms with Crippen LogP contribution in [0.3, 0.4) is 0 Å². The Hall–Kier alpha value is -2.65. The average Bonchev–Trinajstić information content (AvgIpc) is 3.12. The van der Waals surface area contributed by atoms with Gasteiger partial charge in [0.05, 0.1) is 13.7 Å². The van der Waals surface area contributed by atoms with Crippen LogP contribution in [0.2, 0.25) is 0 Å². The molecule has 0 radical (unpaired) electrons. The molecule has 3 rings (SSSR count). The highest BCUT2D eigenvalue weighted by Crippen LogP contribution is 2.34. The van der Waals surface area contributed by atoms with E-state index in [1.54, 1.807) is 0 Å². The summed E-state index contributed by atoms with van der Waals surface area (Å²) in [6.07, 6.45) is 1.30. The lowest BCUT2D eigenvalue weighted by Crippen LogP contribution is -2.39. The van der Waals surface area contributed by atoms with Gasteiger partial charge in [0.1, 0.15) is 0 Å². The Kier molecular flexibility index (Phi) is 5.62. The Morgan fingerprint density at radius 2 is 2.15 bits per heavy atom. The van der Waals surface area contributed by atoms with Crippen molar-refractivity contribution in [1.82, 2.24) is 5.16 Å². The Bertz CT molecular complexity index is 816. The zero-order chi connectivity index (χ0) is 19.4. The average molecular weight is 380 g/mol. The summed E-state index contributed by atoms with van der Waals surface area (Å²) in [5.74, 6) is -1.79. The minimum atomic E-state index is -1.23. The smallest absolute Gasteiger partial charge is 0.343 e. The van der Waals surface area contributed by atoms with Crippen LogP contribution in [-0.2, 0) is 4.74 Å². The highest BCUT2D eigenvalue weighted by molar-refractivity contribution is 5.99. The molecule has 27 heavy (non-hydrogen) atoms. The molecule has 1 fully saturated rings. The third-order valence-corrected chi connectivity index (χ3v) is 4.84. The van der Waals surface area contributed by atoms with E-state index in [0.29, 0.717) is 38.2 Å². The monoisotopic (exact) mass is 380 g/mol. The summed E-state index contributed by atoms with van der Waals surface area (Å²) in [6, 6.07) is 3.90. The van der Waals surface area contributed by atoms with Crippen molar-refractivity contribution in [2.24, 2.45) is 5.41 Å². The summed E-state index contributed by atoms with van der Waals surface area (Å²) in [7, 11) is 1.32. The van der Waals surface area contributed by atoms with Gasteiger partial charge in [0.2, 0.25) is 0 Å². The summed E-state index contributed by atoms with van der Waals surface area (Å²) in [5, 5.41) is 26.2. The molecule has 0 amide bonds. The standard InChI is InChI=1S/C18H21FN2O6/c1-25-13-8-11(2-3-12(13)19)15-14(17(23)24)16(21-27-15)20-9-18(10-22)4-6-26-7-5-18/h2-3,8,22H,4-7,9-10H2,1H3,(H,20,21)(H,23,24). The zero-order valence-corrected chi connectivity index (χ0v) is 14.8. The number of ether oxygens (including phenoxy) is 2. The molecule has 0 aliphatic carbocycles. The number of benzene rings is 1. The van der Waals surface area contributed by atoms with Crippen LogP contribution in [0.5, 0.6) is 5.75 Å². The van der Waals surface area contributed by atoms with Crippen molar-refractivity contribution < 1.29 is 33.4 Å². The molecular formula is C18H21FN2O6. The van der Waals surface area contributed by atoms with Crippen molar-refractivity contribution in [3.63, 3.8) is 0 Å². The van der Waals surface area contributed by atoms with Gasteiger partial charge in [0, 0.05) is 30.7 Å². The predicted molar refractivity (Wildman–Crippen MR) is 93.5 cm³/mol. The molecule has 1 aromatic heterocycles. The topological polar surface area (TPSA) is 114 Å². The minimum Gasteiger partial charge on any atom is -0.494 e. The van der Waals surface area contributed by atoms with Gasteiger partial charge in [-0.2, -0.15) is 0 Å². The predicted octanol–water partition coefficient (Wildman–Crippen LogP) is 2.39. The van der Waals surface area contributed by atoms with Crippen LogP contribution >= 0.6 is 0 Å². The van der Waals surface area contributed by atoms with E-state index in [4.69, 9.17) is 14.0 Å². The molecule has 146 valence electrons. The summed E-state index contributed by atoms with van der Waals surface area (Å²) < 4.78 is 29.1.